The second-order valence-electron chi connectivity index (χ2n) is 10.8. The number of anilines is 2. The van der Waals surface area contributed by atoms with Crippen LogP contribution in [-0.2, 0) is 10.2 Å². The molecule has 208 valence electrons. The van der Waals surface area contributed by atoms with Crippen molar-refractivity contribution in [2.45, 2.75) is 26.2 Å². The molecular weight excluding hydrogens is 504 g/mol. The molecule has 1 aliphatic heterocycles. The van der Waals surface area contributed by atoms with Crippen molar-refractivity contribution in [2.24, 2.45) is 0 Å². The first-order valence-electron chi connectivity index (χ1n) is 13.6. The first-order chi connectivity index (χ1) is 19.3. The van der Waals surface area contributed by atoms with Crippen LogP contribution in [0.5, 0.6) is 5.75 Å². The third-order valence-electron chi connectivity index (χ3n) is 6.82. The van der Waals surface area contributed by atoms with Crippen LogP contribution in [-0.4, -0.2) is 65.4 Å². The largest absolute Gasteiger partial charge is 0.492 e. The molecule has 2 N–H and O–H groups in total. The van der Waals surface area contributed by atoms with Gasteiger partial charge in [0.15, 0.2) is 0 Å². The van der Waals surface area contributed by atoms with Crippen molar-refractivity contribution >= 4 is 17.4 Å². The van der Waals surface area contributed by atoms with Gasteiger partial charge in [0.05, 0.1) is 25.1 Å². The summed E-state index contributed by atoms with van der Waals surface area (Å²) in [6.07, 6.45) is 1.88. The van der Waals surface area contributed by atoms with Gasteiger partial charge in [-0.25, -0.2) is 9.48 Å². The van der Waals surface area contributed by atoms with Crippen molar-refractivity contribution in [3.63, 3.8) is 0 Å². The number of nitrogens with zero attached hydrogens (tertiary/aromatic N) is 4. The Labute approximate surface area is 235 Å². The van der Waals surface area contributed by atoms with E-state index >= 15 is 0 Å². The highest BCUT2D eigenvalue weighted by Crippen LogP contribution is 2.24. The van der Waals surface area contributed by atoms with E-state index in [9.17, 15) is 4.79 Å². The zero-order valence-electron chi connectivity index (χ0n) is 23.3. The Morgan fingerprint density at radius 2 is 1.52 bits per heavy atom. The van der Waals surface area contributed by atoms with Crippen LogP contribution < -0.4 is 15.4 Å². The molecule has 9 nitrogen and oxygen atoms in total. The maximum Gasteiger partial charge on any atom is 0.323 e. The smallest absolute Gasteiger partial charge is 0.323 e. The molecule has 1 saturated heterocycles. The molecule has 0 aliphatic carbocycles. The van der Waals surface area contributed by atoms with E-state index < -0.39 is 0 Å². The Kier molecular flexibility index (Phi) is 8.42. The highest BCUT2D eigenvalue weighted by molar-refractivity contribution is 5.99. The highest BCUT2D eigenvalue weighted by atomic mass is 16.5. The van der Waals surface area contributed by atoms with Gasteiger partial charge in [0, 0.05) is 36.6 Å². The molecule has 0 atom stereocenters. The van der Waals surface area contributed by atoms with E-state index in [0.717, 1.165) is 61.2 Å². The van der Waals surface area contributed by atoms with E-state index in [4.69, 9.17) is 9.47 Å². The van der Waals surface area contributed by atoms with Crippen LogP contribution in [0.25, 0.3) is 16.9 Å². The van der Waals surface area contributed by atoms with Gasteiger partial charge in [-0.3, -0.25) is 4.90 Å². The minimum absolute atomic E-state index is 0.0662. The highest BCUT2D eigenvalue weighted by Gasteiger charge is 2.14. The van der Waals surface area contributed by atoms with E-state index in [2.05, 4.69) is 46.6 Å². The lowest BCUT2D eigenvalue weighted by Crippen LogP contribution is -2.38. The van der Waals surface area contributed by atoms with Crippen LogP contribution in [0.4, 0.5) is 16.2 Å². The van der Waals surface area contributed by atoms with Gasteiger partial charge in [0.25, 0.3) is 0 Å². The molecule has 0 radical (unpaired) electrons. The lowest BCUT2D eigenvalue weighted by molar-refractivity contribution is 0.0322. The predicted octanol–water partition coefficient (Wildman–Crippen LogP) is 5.59. The number of ether oxygens (including phenoxy) is 2. The van der Waals surface area contributed by atoms with Gasteiger partial charge >= 0.3 is 6.03 Å². The average Bonchev–Trinajstić information content (AvgIpc) is 3.45. The molecule has 2 amide bonds. The molecule has 40 heavy (non-hydrogen) atoms. The van der Waals surface area contributed by atoms with E-state index in [1.54, 1.807) is 4.68 Å². The number of benzene rings is 3. The van der Waals surface area contributed by atoms with Gasteiger partial charge in [0.2, 0.25) is 0 Å². The minimum atomic E-state index is -0.296. The molecule has 4 aromatic rings. The molecule has 0 saturated carbocycles. The number of hydrogen-bond acceptors (Lipinski definition) is 6. The number of carbonyl (C=O) groups excluding carboxylic acids is 1. The summed E-state index contributed by atoms with van der Waals surface area (Å²) in [6, 6.07) is 22.9. The van der Waals surface area contributed by atoms with Crippen LogP contribution >= 0.6 is 0 Å². The lowest BCUT2D eigenvalue weighted by atomic mass is 9.87. The topological polar surface area (TPSA) is 93.5 Å². The number of nitrogens with one attached hydrogen (secondary N) is 2. The van der Waals surface area contributed by atoms with Crippen LogP contribution in [0.3, 0.4) is 0 Å². The standard InChI is InChI=1S/C31H36N6O3/c1-31(2,3)24-6-10-26(11-7-24)33-30(38)32-25-8-4-23(5-9-25)29-22-37(35-34-29)27-12-14-28(15-13-27)40-21-18-36-16-19-39-20-17-36/h4-15,22H,16-21H2,1-3H3,(H2,32,33,38). The maximum absolute atomic E-state index is 12.5. The SMILES string of the molecule is CC(C)(C)c1ccc(NC(=O)Nc2ccc(-c3cn(-c4ccc(OCCN5CCOCC5)cc4)nn3)cc2)cc1. The molecule has 5 rings (SSSR count). The van der Waals surface area contributed by atoms with E-state index in [-0.39, 0.29) is 11.4 Å². The van der Waals surface area contributed by atoms with E-state index in [1.165, 1.54) is 5.56 Å². The number of hydrogen-bond donors (Lipinski definition) is 2. The van der Waals surface area contributed by atoms with Gasteiger partial charge < -0.3 is 20.1 Å². The Morgan fingerprint density at radius 1 is 0.900 bits per heavy atom. The second-order valence-corrected chi connectivity index (χ2v) is 10.8. The van der Waals surface area contributed by atoms with Crippen molar-refractivity contribution < 1.29 is 14.3 Å². The number of rotatable bonds is 8. The van der Waals surface area contributed by atoms with Crippen molar-refractivity contribution in [1.82, 2.24) is 19.9 Å². The fraction of sp³-hybridized carbons (Fsp3) is 0.323. The summed E-state index contributed by atoms with van der Waals surface area (Å²) >= 11 is 0. The summed E-state index contributed by atoms with van der Waals surface area (Å²) in [7, 11) is 0. The van der Waals surface area contributed by atoms with E-state index in [1.807, 2.05) is 79.0 Å². The molecule has 0 spiro atoms. The second kappa shape index (κ2) is 12.3. The monoisotopic (exact) mass is 540 g/mol. The fourth-order valence-corrected chi connectivity index (χ4v) is 4.41. The number of aromatic nitrogens is 3. The molecule has 2 heterocycles. The Hall–Kier alpha value is -4.21. The van der Waals surface area contributed by atoms with Gasteiger partial charge in [-0.2, -0.15) is 0 Å². The quantitative estimate of drug-likeness (QED) is 0.303. The molecule has 0 unspecified atom stereocenters. The number of urea groups is 1. The van der Waals surface area contributed by atoms with Crippen LogP contribution in [0.2, 0.25) is 0 Å². The summed E-state index contributed by atoms with van der Waals surface area (Å²) < 4.78 is 13.0. The molecule has 0 bridgehead atoms. The third kappa shape index (κ3) is 7.25. The van der Waals surface area contributed by atoms with Crippen molar-refractivity contribution in [2.75, 3.05) is 50.1 Å². The van der Waals surface area contributed by atoms with Crippen LogP contribution in [0, 0.1) is 0 Å². The maximum atomic E-state index is 12.5. The van der Waals surface area contributed by atoms with Gasteiger partial charge in [-0.1, -0.05) is 50.3 Å². The van der Waals surface area contributed by atoms with Gasteiger partial charge in [0.1, 0.15) is 18.1 Å². The Balaban J connectivity index is 1.12. The molecule has 9 heteroatoms. The van der Waals surface area contributed by atoms with Crippen LogP contribution in [0.15, 0.2) is 79.0 Å². The summed E-state index contributed by atoms with van der Waals surface area (Å²) in [5.41, 5.74) is 5.24. The lowest BCUT2D eigenvalue weighted by Gasteiger charge is -2.26. The van der Waals surface area contributed by atoms with Gasteiger partial charge in [-0.05, 0) is 59.5 Å². The molecule has 1 fully saturated rings. The molecule has 3 aromatic carbocycles. The number of morpholine rings is 1. The predicted molar refractivity (Wildman–Crippen MR) is 157 cm³/mol. The zero-order valence-corrected chi connectivity index (χ0v) is 23.3. The number of amides is 2. The van der Waals surface area contributed by atoms with Crippen molar-refractivity contribution in [3.8, 4) is 22.7 Å². The number of carbonyl (C=O) groups is 1. The first kappa shape index (κ1) is 27.4. The minimum Gasteiger partial charge on any atom is -0.492 e. The summed E-state index contributed by atoms with van der Waals surface area (Å²) in [5.74, 6) is 0.825. The summed E-state index contributed by atoms with van der Waals surface area (Å²) in [4.78, 5) is 14.8. The summed E-state index contributed by atoms with van der Waals surface area (Å²) in [6.45, 7) is 11.5. The molecular formula is C31H36N6O3. The Bertz CT molecular complexity index is 1390. The Morgan fingerprint density at radius 3 is 2.15 bits per heavy atom. The summed E-state index contributed by atoms with van der Waals surface area (Å²) in [5, 5.41) is 14.4. The zero-order chi connectivity index (χ0) is 28.0. The normalized spacial score (nSPS) is 14.1. The van der Waals surface area contributed by atoms with Crippen LogP contribution in [0.1, 0.15) is 26.3 Å². The van der Waals surface area contributed by atoms with Crippen molar-refractivity contribution in [3.05, 3.63) is 84.6 Å². The van der Waals surface area contributed by atoms with Crippen molar-refractivity contribution in [1.29, 1.82) is 0 Å². The molecule has 1 aromatic heterocycles. The first-order valence-corrected chi connectivity index (χ1v) is 13.6. The van der Waals surface area contributed by atoms with Gasteiger partial charge in [-0.15, -0.1) is 5.10 Å². The average molecular weight is 541 g/mol. The van der Waals surface area contributed by atoms with E-state index in [0.29, 0.717) is 12.3 Å². The molecule has 1 aliphatic rings. The third-order valence-corrected chi connectivity index (χ3v) is 6.82. The fourth-order valence-electron chi connectivity index (χ4n) is 4.41.